The zero-order valence-electron chi connectivity index (χ0n) is 29.0. The molecule has 0 unspecified atom stereocenters. The summed E-state index contributed by atoms with van der Waals surface area (Å²) < 4.78 is 0. The summed E-state index contributed by atoms with van der Waals surface area (Å²) in [5.41, 5.74) is 14.5. The number of rotatable bonds is 7. The van der Waals surface area contributed by atoms with Crippen molar-refractivity contribution in [2.45, 2.75) is 25.2 Å². The minimum Gasteiger partial charge on any atom is -0.310 e. The fourth-order valence-corrected chi connectivity index (χ4v) is 8.45. The van der Waals surface area contributed by atoms with E-state index in [0.717, 1.165) is 17.1 Å². The number of fused-ring (bicyclic) bond motifs is 4. The van der Waals surface area contributed by atoms with Crippen LogP contribution in [0.5, 0.6) is 0 Å². The van der Waals surface area contributed by atoms with E-state index in [9.17, 15) is 0 Å². The van der Waals surface area contributed by atoms with E-state index in [1.165, 1.54) is 60.8 Å². The predicted molar refractivity (Wildman–Crippen MR) is 215 cm³/mol. The van der Waals surface area contributed by atoms with Gasteiger partial charge >= 0.3 is 0 Å². The fraction of sp³-hybridized carbons (Fsp3) is 0.0800. The Morgan fingerprint density at radius 1 is 0.392 bits per heavy atom. The van der Waals surface area contributed by atoms with Crippen molar-refractivity contribution in [2.24, 2.45) is 0 Å². The van der Waals surface area contributed by atoms with Crippen molar-refractivity contribution in [2.75, 3.05) is 4.90 Å². The molecule has 1 aliphatic rings. The first-order chi connectivity index (χ1) is 25.1. The third-order valence-corrected chi connectivity index (χ3v) is 10.7. The molecule has 0 aliphatic heterocycles. The average molecular weight is 654 g/mol. The first-order valence-electron chi connectivity index (χ1n) is 18.0. The fourth-order valence-electron chi connectivity index (χ4n) is 8.45. The van der Waals surface area contributed by atoms with Crippen molar-refractivity contribution < 1.29 is 0 Å². The van der Waals surface area contributed by atoms with Crippen LogP contribution in [0.15, 0.2) is 194 Å². The minimum atomic E-state index is -0.483. The SMILES string of the molecule is CC(C)c1ccccc1-c1cc2ccccc2cc1N(c1ccccc1)c1ccc2c(c1)C(c1ccccc1)(c1ccccc1)c1ccccc1-2. The summed E-state index contributed by atoms with van der Waals surface area (Å²) in [4.78, 5) is 2.48. The van der Waals surface area contributed by atoms with Gasteiger partial charge in [0.05, 0.1) is 11.1 Å². The molecule has 0 fully saturated rings. The van der Waals surface area contributed by atoms with Gasteiger partial charge in [-0.15, -0.1) is 0 Å². The third kappa shape index (κ3) is 5.00. The summed E-state index contributed by atoms with van der Waals surface area (Å²) in [7, 11) is 0. The van der Waals surface area contributed by atoms with Crippen molar-refractivity contribution >= 4 is 27.8 Å². The number of benzene rings is 8. The molecule has 51 heavy (non-hydrogen) atoms. The largest absolute Gasteiger partial charge is 0.310 e. The molecule has 1 heteroatoms. The number of para-hydroxylation sites is 1. The van der Waals surface area contributed by atoms with Crippen LogP contribution in [0.4, 0.5) is 17.1 Å². The molecule has 0 amide bonds. The van der Waals surface area contributed by atoms with Crippen molar-refractivity contribution in [1.29, 1.82) is 0 Å². The summed E-state index contributed by atoms with van der Waals surface area (Å²) in [5, 5.41) is 2.45. The highest BCUT2D eigenvalue weighted by molar-refractivity contribution is 5.99. The van der Waals surface area contributed by atoms with Crippen LogP contribution in [-0.4, -0.2) is 0 Å². The van der Waals surface area contributed by atoms with E-state index in [4.69, 9.17) is 0 Å². The number of anilines is 3. The van der Waals surface area contributed by atoms with Gasteiger partial charge in [0.1, 0.15) is 0 Å². The van der Waals surface area contributed by atoms with Gasteiger partial charge in [0.15, 0.2) is 0 Å². The van der Waals surface area contributed by atoms with Gasteiger partial charge in [-0.25, -0.2) is 0 Å². The Morgan fingerprint density at radius 3 is 1.59 bits per heavy atom. The molecule has 1 nitrogen and oxygen atoms in total. The summed E-state index contributed by atoms with van der Waals surface area (Å²) in [6, 6.07) is 71.6. The van der Waals surface area contributed by atoms with Crippen molar-refractivity contribution in [3.05, 3.63) is 222 Å². The lowest BCUT2D eigenvalue weighted by Gasteiger charge is -2.35. The van der Waals surface area contributed by atoms with Gasteiger partial charge in [0.2, 0.25) is 0 Å². The number of hydrogen-bond acceptors (Lipinski definition) is 1. The highest BCUT2D eigenvalue weighted by atomic mass is 15.1. The van der Waals surface area contributed by atoms with Crippen LogP contribution in [0.3, 0.4) is 0 Å². The topological polar surface area (TPSA) is 3.24 Å². The molecule has 0 N–H and O–H groups in total. The van der Waals surface area contributed by atoms with Gasteiger partial charge in [0, 0.05) is 16.9 Å². The zero-order chi connectivity index (χ0) is 34.4. The third-order valence-electron chi connectivity index (χ3n) is 10.7. The second-order valence-electron chi connectivity index (χ2n) is 13.9. The number of hydrogen-bond donors (Lipinski definition) is 0. The van der Waals surface area contributed by atoms with E-state index in [1.54, 1.807) is 0 Å². The van der Waals surface area contributed by atoms with Crippen LogP contribution in [0, 0.1) is 0 Å². The monoisotopic (exact) mass is 653 g/mol. The molecule has 8 aromatic rings. The molecule has 0 saturated heterocycles. The van der Waals surface area contributed by atoms with Crippen LogP contribution in [0.2, 0.25) is 0 Å². The Balaban J connectivity index is 1.37. The maximum Gasteiger partial charge on any atom is 0.0714 e. The van der Waals surface area contributed by atoms with Crippen LogP contribution in [-0.2, 0) is 5.41 Å². The molecule has 0 heterocycles. The molecule has 0 saturated carbocycles. The maximum absolute atomic E-state index is 2.48. The molecule has 0 bridgehead atoms. The molecule has 244 valence electrons. The molecule has 1 aliphatic carbocycles. The van der Waals surface area contributed by atoms with Gasteiger partial charge < -0.3 is 4.90 Å². The molecule has 0 aromatic heterocycles. The molecule has 0 spiro atoms. The Kier molecular flexibility index (Phi) is 7.63. The maximum atomic E-state index is 2.48. The predicted octanol–water partition coefficient (Wildman–Crippen LogP) is 13.5. The Bertz CT molecular complexity index is 2460. The lowest BCUT2D eigenvalue weighted by atomic mass is 9.67. The van der Waals surface area contributed by atoms with E-state index < -0.39 is 5.41 Å². The minimum absolute atomic E-state index is 0.376. The van der Waals surface area contributed by atoms with Gasteiger partial charge in [-0.3, -0.25) is 0 Å². The molecular formula is C50H39N. The molecule has 9 rings (SSSR count). The zero-order valence-corrected chi connectivity index (χ0v) is 29.0. The van der Waals surface area contributed by atoms with Crippen molar-refractivity contribution in [1.82, 2.24) is 0 Å². The summed E-state index contributed by atoms with van der Waals surface area (Å²) in [6.45, 7) is 4.58. The van der Waals surface area contributed by atoms with Crippen LogP contribution < -0.4 is 4.90 Å². The van der Waals surface area contributed by atoms with E-state index in [2.05, 4.69) is 213 Å². The smallest absolute Gasteiger partial charge is 0.0714 e. The van der Waals surface area contributed by atoms with Gasteiger partial charge in [-0.2, -0.15) is 0 Å². The van der Waals surface area contributed by atoms with Crippen LogP contribution >= 0.6 is 0 Å². The molecule has 0 atom stereocenters. The lowest BCUT2D eigenvalue weighted by Crippen LogP contribution is -2.28. The summed E-state index contributed by atoms with van der Waals surface area (Å²) >= 11 is 0. The first-order valence-corrected chi connectivity index (χ1v) is 18.0. The number of nitrogens with zero attached hydrogens (tertiary/aromatic N) is 1. The molecular weight excluding hydrogens is 615 g/mol. The quantitative estimate of drug-likeness (QED) is 0.165. The Labute approximate surface area is 301 Å². The Morgan fingerprint density at radius 2 is 0.922 bits per heavy atom. The van der Waals surface area contributed by atoms with E-state index >= 15 is 0 Å². The normalized spacial score (nSPS) is 12.8. The average Bonchev–Trinajstić information content (AvgIpc) is 3.49. The van der Waals surface area contributed by atoms with E-state index in [1.807, 2.05) is 0 Å². The summed E-state index contributed by atoms with van der Waals surface area (Å²) in [5.74, 6) is 0.376. The highest BCUT2D eigenvalue weighted by Gasteiger charge is 2.46. The summed E-state index contributed by atoms with van der Waals surface area (Å²) in [6.07, 6.45) is 0. The van der Waals surface area contributed by atoms with Crippen LogP contribution in [0.1, 0.15) is 47.6 Å². The Hall–Kier alpha value is -6.18. The van der Waals surface area contributed by atoms with E-state index in [0.29, 0.717) is 5.92 Å². The second-order valence-corrected chi connectivity index (χ2v) is 13.9. The second kappa shape index (κ2) is 12.6. The highest BCUT2D eigenvalue weighted by Crippen LogP contribution is 2.57. The van der Waals surface area contributed by atoms with Crippen LogP contribution in [0.25, 0.3) is 33.0 Å². The lowest BCUT2D eigenvalue weighted by molar-refractivity contribution is 0.768. The van der Waals surface area contributed by atoms with Gasteiger partial charge in [0.25, 0.3) is 0 Å². The standard InChI is InChI=1S/C50H39N/c1-35(2)42-26-14-15-27-43(42)46-32-36-18-12-13-19-37(36)33-49(46)51(40-24-10-5-11-25-40)41-30-31-45-44-28-16-17-29-47(44)50(48(45)34-41,38-20-6-3-7-21-38)39-22-8-4-9-23-39/h3-35H,1-2H3. The van der Waals surface area contributed by atoms with Crippen molar-refractivity contribution in [3.63, 3.8) is 0 Å². The van der Waals surface area contributed by atoms with Gasteiger partial charge in [-0.05, 0) is 97.6 Å². The molecule has 0 radical (unpaired) electrons. The van der Waals surface area contributed by atoms with Crippen molar-refractivity contribution in [3.8, 4) is 22.3 Å². The molecule has 8 aromatic carbocycles. The first kappa shape index (κ1) is 30.8. The van der Waals surface area contributed by atoms with Gasteiger partial charge in [-0.1, -0.05) is 172 Å². The van der Waals surface area contributed by atoms with E-state index in [-0.39, 0.29) is 0 Å².